The third kappa shape index (κ3) is 2.87. The number of hydrogen-bond donors (Lipinski definition) is 1. The molecule has 2 atom stereocenters. The Balaban J connectivity index is 3.45. The van der Waals surface area contributed by atoms with Crippen LogP contribution in [-0.4, -0.2) is 31.9 Å². The molecule has 1 aromatic heterocycles. The number of pyridine rings is 1. The third-order valence-corrected chi connectivity index (χ3v) is 3.78. The van der Waals surface area contributed by atoms with Crippen LogP contribution in [0.1, 0.15) is 34.6 Å². The molecule has 100 valence electrons. The molecule has 18 heavy (non-hydrogen) atoms. The van der Waals surface area contributed by atoms with Crippen LogP contribution in [0.4, 0.5) is 0 Å². The molecule has 0 radical (unpaired) electrons. The van der Waals surface area contributed by atoms with Crippen molar-refractivity contribution >= 4 is 16.8 Å². The molecule has 6 heteroatoms. The van der Waals surface area contributed by atoms with Gasteiger partial charge in [0.15, 0.2) is 0 Å². The normalized spacial score (nSPS) is 14.2. The first-order chi connectivity index (χ1) is 8.25. The highest BCUT2D eigenvalue weighted by atomic mass is 32.2. The van der Waals surface area contributed by atoms with Gasteiger partial charge in [-0.2, -0.15) is 0 Å². The number of rotatable bonds is 4. The molecule has 0 saturated heterocycles. The largest absolute Gasteiger partial charge is 0.478 e. The van der Waals surface area contributed by atoms with E-state index in [0.717, 1.165) is 0 Å². The number of carbonyl (C=O) groups is 1. The van der Waals surface area contributed by atoms with Crippen LogP contribution in [0.5, 0.6) is 0 Å². The van der Waals surface area contributed by atoms with Gasteiger partial charge in [0.25, 0.3) is 5.56 Å². The van der Waals surface area contributed by atoms with E-state index in [1.165, 1.54) is 10.6 Å². The first-order valence-corrected chi connectivity index (χ1v) is 7.24. The molecular formula is C12H17NO4S. The molecule has 0 bridgehead atoms. The molecule has 2 unspecified atom stereocenters. The average molecular weight is 271 g/mol. The Hall–Kier alpha value is -1.43. The summed E-state index contributed by atoms with van der Waals surface area (Å²) in [5.41, 5.74) is 0.743. The molecule has 1 aromatic rings. The van der Waals surface area contributed by atoms with Crippen molar-refractivity contribution in [2.75, 3.05) is 12.0 Å². The van der Waals surface area contributed by atoms with Gasteiger partial charge >= 0.3 is 5.97 Å². The van der Waals surface area contributed by atoms with Gasteiger partial charge in [0.1, 0.15) is 0 Å². The predicted molar refractivity (Wildman–Crippen MR) is 70.8 cm³/mol. The molecule has 5 nitrogen and oxygen atoms in total. The average Bonchev–Trinajstić information content (AvgIpc) is 2.13. The summed E-state index contributed by atoms with van der Waals surface area (Å²) in [5, 5.41) is 9.15. The Morgan fingerprint density at radius 1 is 1.50 bits per heavy atom. The van der Waals surface area contributed by atoms with E-state index in [1.54, 1.807) is 27.0 Å². The number of carboxylic acids is 1. The minimum atomic E-state index is -1.05. The van der Waals surface area contributed by atoms with Crippen molar-refractivity contribution in [1.82, 2.24) is 4.57 Å². The molecule has 0 amide bonds. The lowest BCUT2D eigenvalue weighted by Gasteiger charge is -2.19. The maximum atomic E-state index is 11.9. The first-order valence-electron chi connectivity index (χ1n) is 5.51. The molecule has 0 saturated carbocycles. The maximum absolute atomic E-state index is 11.9. The molecule has 0 spiro atoms. The van der Waals surface area contributed by atoms with Gasteiger partial charge < -0.3 is 9.67 Å². The van der Waals surface area contributed by atoms with E-state index in [1.807, 2.05) is 0 Å². The van der Waals surface area contributed by atoms with Crippen molar-refractivity contribution in [3.05, 3.63) is 33.2 Å². The van der Waals surface area contributed by atoms with E-state index in [-0.39, 0.29) is 17.2 Å². The SMILES string of the molecule is Cc1cc(=O)n(C(C)CS(C)=O)c(C)c1C(=O)O. The molecule has 1 rings (SSSR count). The number of hydrogen-bond acceptors (Lipinski definition) is 3. The summed E-state index contributed by atoms with van der Waals surface area (Å²) in [6, 6.07) is 1.02. The molecule has 0 aliphatic rings. The second-order valence-corrected chi connectivity index (χ2v) is 5.87. The van der Waals surface area contributed by atoms with Crippen LogP contribution in [0.25, 0.3) is 0 Å². The molecule has 0 fully saturated rings. The number of aryl methyl sites for hydroxylation is 1. The number of nitrogens with zero attached hydrogens (tertiary/aromatic N) is 1. The minimum absolute atomic E-state index is 0.142. The highest BCUT2D eigenvalue weighted by Gasteiger charge is 2.19. The fourth-order valence-corrected chi connectivity index (χ4v) is 3.01. The lowest BCUT2D eigenvalue weighted by Crippen LogP contribution is -2.30. The van der Waals surface area contributed by atoms with Crippen LogP contribution in [0.3, 0.4) is 0 Å². The fraction of sp³-hybridized carbons (Fsp3) is 0.500. The molecular weight excluding hydrogens is 254 g/mol. The highest BCUT2D eigenvalue weighted by Crippen LogP contribution is 2.15. The molecule has 1 heterocycles. The van der Waals surface area contributed by atoms with E-state index < -0.39 is 16.8 Å². The predicted octanol–water partition coefficient (Wildman–Crippen LogP) is 1.10. The summed E-state index contributed by atoms with van der Waals surface area (Å²) in [5.74, 6) is -0.730. The maximum Gasteiger partial charge on any atom is 0.337 e. The number of aromatic carboxylic acids is 1. The van der Waals surface area contributed by atoms with Gasteiger partial charge in [0, 0.05) is 40.6 Å². The highest BCUT2D eigenvalue weighted by molar-refractivity contribution is 7.84. The van der Waals surface area contributed by atoms with Crippen LogP contribution < -0.4 is 5.56 Å². The zero-order valence-corrected chi connectivity index (χ0v) is 11.7. The lowest BCUT2D eigenvalue weighted by molar-refractivity contribution is 0.0694. The Morgan fingerprint density at radius 2 is 2.06 bits per heavy atom. The van der Waals surface area contributed by atoms with Crippen LogP contribution in [0, 0.1) is 13.8 Å². The van der Waals surface area contributed by atoms with Crippen LogP contribution in [0.2, 0.25) is 0 Å². The Labute approximate surface area is 108 Å². The van der Waals surface area contributed by atoms with Crippen molar-refractivity contribution in [3.63, 3.8) is 0 Å². The Morgan fingerprint density at radius 3 is 2.50 bits per heavy atom. The third-order valence-electron chi connectivity index (χ3n) is 2.83. The summed E-state index contributed by atoms with van der Waals surface area (Å²) in [7, 11) is -1.04. The van der Waals surface area contributed by atoms with E-state index >= 15 is 0 Å². The molecule has 0 aliphatic heterocycles. The summed E-state index contributed by atoms with van der Waals surface area (Å²) >= 11 is 0. The van der Waals surface area contributed by atoms with Crippen molar-refractivity contribution in [2.24, 2.45) is 0 Å². The van der Waals surface area contributed by atoms with Crippen molar-refractivity contribution in [2.45, 2.75) is 26.8 Å². The van der Waals surface area contributed by atoms with Crippen LogP contribution in [0.15, 0.2) is 10.9 Å². The van der Waals surface area contributed by atoms with E-state index in [4.69, 9.17) is 5.11 Å². The van der Waals surface area contributed by atoms with Gasteiger partial charge in [0.2, 0.25) is 0 Å². The van der Waals surface area contributed by atoms with Gasteiger partial charge in [-0.15, -0.1) is 0 Å². The van der Waals surface area contributed by atoms with E-state index in [2.05, 4.69) is 0 Å². The quantitative estimate of drug-likeness (QED) is 0.889. The minimum Gasteiger partial charge on any atom is -0.478 e. The second kappa shape index (κ2) is 5.48. The van der Waals surface area contributed by atoms with Gasteiger partial charge in [0.05, 0.1) is 5.56 Å². The Bertz CT molecular complexity index is 562. The zero-order chi connectivity index (χ0) is 14.0. The monoisotopic (exact) mass is 271 g/mol. The van der Waals surface area contributed by atoms with Crippen molar-refractivity contribution in [3.8, 4) is 0 Å². The van der Waals surface area contributed by atoms with Gasteiger partial charge in [-0.05, 0) is 26.3 Å². The van der Waals surface area contributed by atoms with Crippen molar-refractivity contribution < 1.29 is 14.1 Å². The summed E-state index contributed by atoms with van der Waals surface area (Å²) in [4.78, 5) is 23.1. The van der Waals surface area contributed by atoms with E-state index in [9.17, 15) is 13.8 Å². The smallest absolute Gasteiger partial charge is 0.337 e. The topological polar surface area (TPSA) is 76.4 Å². The zero-order valence-electron chi connectivity index (χ0n) is 10.9. The summed E-state index contributed by atoms with van der Waals surface area (Å²) < 4.78 is 12.6. The summed E-state index contributed by atoms with van der Waals surface area (Å²) in [6.45, 7) is 4.97. The van der Waals surface area contributed by atoms with E-state index in [0.29, 0.717) is 17.0 Å². The second-order valence-electron chi connectivity index (χ2n) is 4.39. The molecule has 1 N–H and O–H groups in total. The standard InChI is InChI=1S/C12H17NO4S/c1-7-5-10(14)13(8(2)6-18(4)17)9(3)11(7)12(15)16/h5,8H,6H2,1-4H3,(H,15,16). The van der Waals surface area contributed by atoms with Crippen LogP contribution >= 0.6 is 0 Å². The fourth-order valence-electron chi connectivity index (χ4n) is 2.18. The molecule has 0 aromatic carbocycles. The van der Waals surface area contributed by atoms with Gasteiger partial charge in [-0.3, -0.25) is 9.00 Å². The Kier molecular flexibility index (Phi) is 4.45. The first kappa shape index (κ1) is 14.6. The number of carboxylic acid groups (broad SMARTS) is 1. The molecule has 0 aliphatic carbocycles. The lowest BCUT2D eigenvalue weighted by atomic mass is 10.1. The van der Waals surface area contributed by atoms with Crippen LogP contribution in [-0.2, 0) is 10.8 Å². The summed E-state index contributed by atoms with van der Waals surface area (Å²) in [6.07, 6.45) is 1.56. The van der Waals surface area contributed by atoms with Gasteiger partial charge in [-0.1, -0.05) is 0 Å². The van der Waals surface area contributed by atoms with Crippen molar-refractivity contribution in [1.29, 1.82) is 0 Å². The van der Waals surface area contributed by atoms with Gasteiger partial charge in [-0.25, -0.2) is 4.79 Å². The number of aromatic nitrogens is 1.